The smallest absolute Gasteiger partial charge is 0.319 e. The van der Waals surface area contributed by atoms with Crippen molar-refractivity contribution in [2.24, 2.45) is 0 Å². The van der Waals surface area contributed by atoms with Crippen molar-refractivity contribution in [1.29, 1.82) is 0 Å². The second-order valence-corrected chi connectivity index (χ2v) is 6.32. The summed E-state index contributed by atoms with van der Waals surface area (Å²) in [5.41, 5.74) is 2.32. The lowest BCUT2D eigenvalue weighted by molar-refractivity contribution is -0.111. The van der Waals surface area contributed by atoms with Crippen molar-refractivity contribution in [3.63, 3.8) is 0 Å². The molecular weight excluding hydrogens is 356 g/mol. The van der Waals surface area contributed by atoms with Crippen LogP contribution in [0.5, 0.6) is 0 Å². The maximum absolute atomic E-state index is 12.2. The summed E-state index contributed by atoms with van der Waals surface area (Å²) in [6, 6.07) is 13.5. The number of benzene rings is 2. The SMILES string of the molecule is CNC(=O)c1ccc(/C=C/C(=O)Nc2ccccc2NC(=O)NC(C)C)cc1. The molecule has 0 radical (unpaired) electrons. The minimum atomic E-state index is -0.344. The number of carbonyl (C=O) groups is 3. The minimum absolute atomic E-state index is 0.000485. The van der Waals surface area contributed by atoms with Crippen molar-refractivity contribution in [3.8, 4) is 0 Å². The van der Waals surface area contributed by atoms with Crippen LogP contribution in [0.4, 0.5) is 16.2 Å². The third-order valence-corrected chi connectivity index (χ3v) is 3.68. The van der Waals surface area contributed by atoms with Gasteiger partial charge in [0.15, 0.2) is 0 Å². The first kappa shape index (κ1) is 20.7. The molecule has 7 nitrogen and oxygen atoms in total. The zero-order chi connectivity index (χ0) is 20.5. The molecule has 0 unspecified atom stereocenters. The molecular formula is C21H24N4O3. The van der Waals surface area contributed by atoms with Crippen molar-refractivity contribution in [2.75, 3.05) is 17.7 Å². The predicted molar refractivity (Wildman–Crippen MR) is 111 cm³/mol. The van der Waals surface area contributed by atoms with Crippen LogP contribution in [0.2, 0.25) is 0 Å². The molecule has 28 heavy (non-hydrogen) atoms. The summed E-state index contributed by atoms with van der Waals surface area (Å²) in [6.45, 7) is 3.72. The Morgan fingerprint density at radius 3 is 2.07 bits per heavy atom. The van der Waals surface area contributed by atoms with Crippen molar-refractivity contribution >= 4 is 35.3 Å². The van der Waals surface area contributed by atoms with Gasteiger partial charge in [0.1, 0.15) is 0 Å². The van der Waals surface area contributed by atoms with E-state index in [0.29, 0.717) is 16.9 Å². The summed E-state index contributed by atoms with van der Waals surface area (Å²) in [6.07, 6.45) is 3.03. The molecule has 4 N–H and O–H groups in total. The van der Waals surface area contributed by atoms with Gasteiger partial charge in [0.25, 0.3) is 5.91 Å². The highest BCUT2D eigenvalue weighted by molar-refractivity contribution is 6.05. The van der Waals surface area contributed by atoms with Crippen LogP contribution >= 0.6 is 0 Å². The molecule has 0 atom stereocenters. The molecule has 7 heteroatoms. The number of amides is 4. The van der Waals surface area contributed by atoms with Crippen LogP contribution in [0, 0.1) is 0 Å². The third-order valence-electron chi connectivity index (χ3n) is 3.68. The summed E-state index contributed by atoms with van der Waals surface area (Å²) >= 11 is 0. The molecule has 0 aliphatic heterocycles. The van der Waals surface area contributed by atoms with E-state index < -0.39 is 0 Å². The normalized spacial score (nSPS) is 10.6. The topological polar surface area (TPSA) is 99.3 Å². The first-order valence-electron chi connectivity index (χ1n) is 8.87. The van der Waals surface area contributed by atoms with Crippen LogP contribution in [0.1, 0.15) is 29.8 Å². The van der Waals surface area contributed by atoms with Crippen molar-refractivity contribution < 1.29 is 14.4 Å². The number of hydrogen-bond donors (Lipinski definition) is 4. The van der Waals surface area contributed by atoms with E-state index in [1.807, 2.05) is 13.8 Å². The van der Waals surface area contributed by atoms with Crippen LogP contribution in [0.15, 0.2) is 54.6 Å². The summed E-state index contributed by atoms with van der Waals surface area (Å²) in [7, 11) is 1.57. The largest absolute Gasteiger partial charge is 0.355 e. The Labute approximate surface area is 164 Å². The summed E-state index contributed by atoms with van der Waals surface area (Å²) in [5, 5.41) is 10.7. The summed E-state index contributed by atoms with van der Waals surface area (Å²) in [4.78, 5) is 35.7. The van der Waals surface area contributed by atoms with Gasteiger partial charge in [-0.2, -0.15) is 0 Å². The van der Waals surface area contributed by atoms with Crippen molar-refractivity contribution in [2.45, 2.75) is 19.9 Å². The van der Waals surface area contributed by atoms with Gasteiger partial charge in [-0.3, -0.25) is 9.59 Å². The summed E-state index contributed by atoms with van der Waals surface area (Å²) in [5.74, 6) is -0.507. The van der Waals surface area contributed by atoms with Gasteiger partial charge in [0, 0.05) is 24.7 Å². The molecule has 0 spiro atoms. The molecule has 2 aromatic carbocycles. The van der Waals surface area contributed by atoms with Crippen LogP contribution in [0.25, 0.3) is 6.08 Å². The maximum Gasteiger partial charge on any atom is 0.319 e. The average Bonchev–Trinajstić information content (AvgIpc) is 2.67. The van der Waals surface area contributed by atoms with Gasteiger partial charge in [0.05, 0.1) is 11.4 Å². The molecule has 0 saturated heterocycles. The van der Waals surface area contributed by atoms with E-state index >= 15 is 0 Å². The molecule has 0 saturated carbocycles. The zero-order valence-electron chi connectivity index (χ0n) is 16.1. The Hall–Kier alpha value is -3.61. The van der Waals surface area contributed by atoms with Gasteiger partial charge < -0.3 is 21.3 Å². The number of anilines is 2. The van der Waals surface area contributed by atoms with E-state index in [2.05, 4.69) is 21.3 Å². The number of nitrogens with one attached hydrogen (secondary N) is 4. The monoisotopic (exact) mass is 380 g/mol. The van der Waals surface area contributed by atoms with Crippen LogP contribution < -0.4 is 21.3 Å². The fraction of sp³-hybridized carbons (Fsp3) is 0.190. The summed E-state index contributed by atoms with van der Waals surface area (Å²) < 4.78 is 0. The van der Waals surface area contributed by atoms with E-state index in [1.54, 1.807) is 61.7 Å². The molecule has 2 rings (SSSR count). The van der Waals surface area contributed by atoms with Gasteiger partial charge in [-0.15, -0.1) is 0 Å². The highest BCUT2D eigenvalue weighted by Crippen LogP contribution is 2.21. The molecule has 0 heterocycles. The molecule has 146 valence electrons. The first-order valence-corrected chi connectivity index (χ1v) is 8.87. The Morgan fingerprint density at radius 2 is 1.50 bits per heavy atom. The zero-order valence-corrected chi connectivity index (χ0v) is 16.1. The number of carbonyl (C=O) groups excluding carboxylic acids is 3. The van der Waals surface area contributed by atoms with Gasteiger partial charge in [-0.25, -0.2) is 4.79 Å². The fourth-order valence-electron chi connectivity index (χ4n) is 2.36. The van der Waals surface area contributed by atoms with Crippen molar-refractivity contribution in [3.05, 3.63) is 65.7 Å². The molecule has 0 aliphatic rings. The molecule has 2 aromatic rings. The van der Waals surface area contributed by atoms with Crippen LogP contribution in [-0.2, 0) is 4.79 Å². The Balaban J connectivity index is 2.02. The Bertz CT molecular complexity index is 873. The van der Waals surface area contributed by atoms with Gasteiger partial charge in [-0.05, 0) is 49.8 Å². The first-order chi connectivity index (χ1) is 13.4. The number of para-hydroxylation sites is 2. The van der Waals surface area contributed by atoms with E-state index in [-0.39, 0.29) is 23.9 Å². The van der Waals surface area contributed by atoms with Gasteiger partial charge in [0.2, 0.25) is 5.91 Å². The van der Waals surface area contributed by atoms with E-state index in [1.165, 1.54) is 6.08 Å². The van der Waals surface area contributed by atoms with E-state index in [4.69, 9.17) is 0 Å². The predicted octanol–water partition coefficient (Wildman–Crippen LogP) is 3.23. The Kier molecular flexibility index (Phi) is 7.33. The molecule has 0 bridgehead atoms. The second kappa shape index (κ2) is 9.91. The molecule has 4 amide bonds. The minimum Gasteiger partial charge on any atom is -0.355 e. The van der Waals surface area contributed by atoms with Gasteiger partial charge >= 0.3 is 6.03 Å². The average molecular weight is 380 g/mol. The highest BCUT2D eigenvalue weighted by Gasteiger charge is 2.08. The van der Waals surface area contributed by atoms with Crippen LogP contribution in [-0.4, -0.2) is 30.9 Å². The van der Waals surface area contributed by atoms with Crippen LogP contribution in [0.3, 0.4) is 0 Å². The number of hydrogen-bond acceptors (Lipinski definition) is 3. The standard InChI is InChI=1S/C21H24N4O3/c1-14(2)23-21(28)25-18-7-5-4-6-17(18)24-19(26)13-10-15-8-11-16(12-9-15)20(27)22-3/h4-14H,1-3H3,(H,22,27)(H,24,26)(H2,23,25,28)/b13-10+. The second-order valence-electron chi connectivity index (χ2n) is 6.32. The Morgan fingerprint density at radius 1 is 0.893 bits per heavy atom. The maximum atomic E-state index is 12.2. The number of urea groups is 1. The highest BCUT2D eigenvalue weighted by atomic mass is 16.2. The van der Waals surface area contributed by atoms with E-state index in [0.717, 1.165) is 5.56 Å². The third kappa shape index (κ3) is 6.28. The molecule has 0 fully saturated rings. The van der Waals surface area contributed by atoms with Crippen molar-refractivity contribution in [1.82, 2.24) is 10.6 Å². The lowest BCUT2D eigenvalue weighted by atomic mass is 10.1. The lowest BCUT2D eigenvalue weighted by Crippen LogP contribution is -2.34. The fourth-order valence-corrected chi connectivity index (χ4v) is 2.36. The number of rotatable bonds is 6. The lowest BCUT2D eigenvalue weighted by Gasteiger charge is -2.13. The molecule has 0 aromatic heterocycles. The quantitative estimate of drug-likeness (QED) is 0.579. The molecule has 0 aliphatic carbocycles. The van der Waals surface area contributed by atoms with E-state index in [9.17, 15) is 14.4 Å². The van der Waals surface area contributed by atoms with Gasteiger partial charge in [-0.1, -0.05) is 24.3 Å².